The molecule has 4 N–H and O–H groups in total. The van der Waals surface area contributed by atoms with Crippen molar-refractivity contribution in [2.24, 2.45) is 0 Å². The zero-order chi connectivity index (χ0) is 12.8. The van der Waals surface area contributed by atoms with E-state index in [0.717, 1.165) is 13.0 Å². The number of anilines is 1. The quantitative estimate of drug-likeness (QED) is 0.613. The van der Waals surface area contributed by atoms with Crippen LogP contribution in [0, 0.1) is 0 Å². The number of carboxylic acids is 1. The van der Waals surface area contributed by atoms with E-state index in [9.17, 15) is 9.90 Å². The van der Waals surface area contributed by atoms with Crippen LogP contribution < -0.4 is 10.6 Å². The Morgan fingerprint density at radius 3 is 2.71 bits per heavy atom. The number of hydrogen-bond donors (Lipinski definition) is 4. The van der Waals surface area contributed by atoms with Crippen LogP contribution in [0.3, 0.4) is 0 Å². The number of aromatic carboxylic acids is 1. The maximum atomic E-state index is 10.7. The average Bonchev–Trinajstić information content (AvgIpc) is 2.26. The van der Waals surface area contributed by atoms with Gasteiger partial charge in [0, 0.05) is 18.3 Å². The summed E-state index contributed by atoms with van der Waals surface area (Å²) in [6.07, 6.45) is 0.949. The monoisotopic (exact) mass is 254 g/mol. The standard InChI is InChI=1S/C11H14N2O3S/c1-2-5-12-11(17)13-7-3-4-8(10(15)16)9(14)6-7/h3-4,6,14H,2,5H2,1H3,(H,15,16)(H2,12,13,17). The van der Waals surface area contributed by atoms with E-state index in [2.05, 4.69) is 10.6 Å². The molecule has 0 aromatic heterocycles. The topological polar surface area (TPSA) is 81.6 Å². The Hall–Kier alpha value is -1.82. The minimum absolute atomic E-state index is 0.136. The molecule has 17 heavy (non-hydrogen) atoms. The van der Waals surface area contributed by atoms with Crippen molar-refractivity contribution in [2.75, 3.05) is 11.9 Å². The fourth-order valence-corrected chi connectivity index (χ4v) is 1.42. The molecule has 6 heteroatoms. The largest absolute Gasteiger partial charge is 0.507 e. The van der Waals surface area contributed by atoms with Crippen molar-refractivity contribution in [3.63, 3.8) is 0 Å². The number of hydrogen-bond acceptors (Lipinski definition) is 3. The molecular weight excluding hydrogens is 240 g/mol. The highest BCUT2D eigenvalue weighted by molar-refractivity contribution is 7.80. The molecule has 1 rings (SSSR count). The van der Waals surface area contributed by atoms with Crippen LogP contribution in [0.2, 0.25) is 0 Å². The second-order valence-corrected chi connectivity index (χ2v) is 3.83. The van der Waals surface area contributed by atoms with Crippen LogP contribution in [0.25, 0.3) is 0 Å². The van der Waals surface area contributed by atoms with Gasteiger partial charge in [-0.1, -0.05) is 6.92 Å². The summed E-state index contributed by atoms with van der Waals surface area (Å²) in [5.41, 5.74) is 0.407. The third-order valence-electron chi connectivity index (χ3n) is 2.02. The van der Waals surface area contributed by atoms with E-state index in [1.807, 2.05) is 6.92 Å². The first-order valence-electron chi connectivity index (χ1n) is 5.15. The maximum absolute atomic E-state index is 10.7. The van der Waals surface area contributed by atoms with Gasteiger partial charge in [-0.05, 0) is 30.8 Å². The summed E-state index contributed by atoms with van der Waals surface area (Å²) in [6.45, 7) is 2.77. The fourth-order valence-electron chi connectivity index (χ4n) is 1.20. The molecular formula is C11H14N2O3S. The third kappa shape index (κ3) is 3.92. The van der Waals surface area contributed by atoms with Crippen LogP contribution in [-0.4, -0.2) is 27.8 Å². The van der Waals surface area contributed by atoms with Crippen molar-refractivity contribution in [3.05, 3.63) is 23.8 Å². The lowest BCUT2D eigenvalue weighted by molar-refractivity contribution is 0.0694. The second-order valence-electron chi connectivity index (χ2n) is 3.42. The van der Waals surface area contributed by atoms with E-state index >= 15 is 0 Å². The van der Waals surface area contributed by atoms with Gasteiger partial charge in [-0.3, -0.25) is 0 Å². The predicted octanol–water partition coefficient (Wildman–Crippen LogP) is 1.79. The van der Waals surface area contributed by atoms with Crippen molar-refractivity contribution in [1.82, 2.24) is 5.32 Å². The smallest absolute Gasteiger partial charge is 0.339 e. The number of benzene rings is 1. The van der Waals surface area contributed by atoms with Gasteiger partial charge >= 0.3 is 5.97 Å². The summed E-state index contributed by atoms with van der Waals surface area (Å²) >= 11 is 5.01. The molecule has 0 heterocycles. The normalized spacial score (nSPS) is 9.71. The molecule has 0 radical (unpaired) electrons. The first-order chi connectivity index (χ1) is 8.04. The molecule has 0 aliphatic heterocycles. The number of carbonyl (C=O) groups is 1. The maximum Gasteiger partial charge on any atom is 0.339 e. The number of phenols is 1. The Kier molecular flexibility index (Phi) is 4.71. The zero-order valence-electron chi connectivity index (χ0n) is 9.36. The van der Waals surface area contributed by atoms with E-state index in [1.165, 1.54) is 12.1 Å². The van der Waals surface area contributed by atoms with Crippen molar-refractivity contribution < 1.29 is 15.0 Å². The molecule has 0 saturated heterocycles. The Balaban J connectivity index is 2.70. The van der Waals surface area contributed by atoms with Crippen LogP contribution in [0.1, 0.15) is 23.7 Å². The lowest BCUT2D eigenvalue weighted by Crippen LogP contribution is -2.28. The summed E-state index contributed by atoms with van der Waals surface area (Å²) in [7, 11) is 0. The van der Waals surface area contributed by atoms with Gasteiger partial charge in [0.15, 0.2) is 5.11 Å². The summed E-state index contributed by atoms with van der Waals surface area (Å²) in [5.74, 6) is -1.46. The highest BCUT2D eigenvalue weighted by atomic mass is 32.1. The molecule has 0 fully saturated rings. The van der Waals surface area contributed by atoms with E-state index in [4.69, 9.17) is 17.3 Å². The van der Waals surface area contributed by atoms with Crippen molar-refractivity contribution in [3.8, 4) is 5.75 Å². The van der Waals surface area contributed by atoms with Crippen molar-refractivity contribution >= 4 is 29.0 Å². The van der Waals surface area contributed by atoms with Crippen LogP contribution in [0.5, 0.6) is 5.75 Å². The first kappa shape index (κ1) is 13.2. The summed E-state index contributed by atoms with van der Waals surface area (Å²) in [4.78, 5) is 10.7. The van der Waals surface area contributed by atoms with Crippen LogP contribution in [-0.2, 0) is 0 Å². The SMILES string of the molecule is CCCNC(=S)Nc1ccc(C(=O)O)c(O)c1. The molecule has 1 aromatic carbocycles. The molecule has 0 saturated carbocycles. The predicted molar refractivity (Wildman–Crippen MR) is 69.6 cm³/mol. The summed E-state index contributed by atoms with van der Waals surface area (Å²) in [5, 5.41) is 24.5. The molecule has 0 bridgehead atoms. The fraction of sp³-hybridized carbons (Fsp3) is 0.273. The molecule has 0 aliphatic carbocycles. The van der Waals surface area contributed by atoms with Crippen molar-refractivity contribution in [2.45, 2.75) is 13.3 Å². The van der Waals surface area contributed by atoms with Gasteiger partial charge in [-0.25, -0.2) is 4.79 Å². The molecule has 92 valence electrons. The van der Waals surface area contributed by atoms with Crippen molar-refractivity contribution in [1.29, 1.82) is 0 Å². The van der Waals surface area contributed by atoms with E-state index in [-0.39, 0.29) is 11.3 Å². The minimum atomic E-state index is -1.17. The number of nitrogens with one attached hydrogen (secondary N) is 2. The van der Waals surface area contributed by atoms with Gasteiger partial charge in [0.2, 0.25) is 0 Å². The third-order valence-corrected chi connectivity index (χ3v) is 2.27. The van der Waals surface area contributed by atoms with Crippen LogP contribution in [0.15, 0.2) is 18.2 Å². The molecule has 0 atom stereocenters. The lowest BCUT2D eigenvalue weighted by atomic mass is 10.2. The number of aromatic hydroxyl groups is 1. The van der Waals surface area contributed by atoms with Crippen LogP contribution >= 0.6 is 12.2 Å². The van der Waals surface area contributed by atoms with Gasteiger partial charge < -0.3 is 20.8 Å². The van der Waals surface area contributed by atoms with E-state index in [0.29, 0.717) is 10.8 Å². The molecule has 0 unspecified atom stereocenters. The zero-order valence-corrected chi connectivity index (χ0v) is 10.2. The molecule has 1 aromatic rings. The Morgan fingerprint density at radius 1 is 1.47 bits per heavy atom. The van der Waals surface area contributed by atoms with E-state index < -0.39 is 5.97 Å². The molecule has 5 nitrogen and oxygen atoms in total. The van der Waals surface area contributed by atoms with Gasteiger partial charge in [-0.15, -0.1) is 0 Å². The highest BCUT2D eigenvalue weighted by Crippen LogP contribution is 2.21. The van der Waals surface area contributed by atoms with Gasteiger partial charge in [0.05, 0.1) is 0 Å². The molecule has 0 aliphatic rings. The Labute approximate surface area is 104 Å². The summed E-state index contributed by atoms with van der Waals surface area (Å²) < 4.78 is 0. The number of rotatable bonds is 4. The Bertz CT molecular complexity index is 435. The first-order valence-corrected chi connectivity index (χ1v) is 5.56. The van der Waals surface area contributed by atoms with Gasteiger partial charge in [-0.2, -0.15) is 0 Å². The Morgan fingerprint density at radius 2 is 2.18 bits per heavy atom. The van der Waals surface area contributed by atoms with Gasteiger partial charge in [0.1, 0.15) is 11.3 Å². The molecule has 0 spiro atoms. The van der Waals surface area contributed by atoms with E-state index in [1.54, 1.807) is 6.07 Å². The second kappa shape index (κ2) is 6.05. The van der Waals surface area contributed by atoms with Crippen LogP contribution in [0.4, 0.5) is 5.69 Å². The number of carboxylic acid groups (broad SMARTS) is 1. The average molecular weight is 254 g/mol. The summed E-state index contributed by atoms with van der Waals surface area (Å²) in [6, 6.07) is 4.19. The highest BCUT2D eigenvalue weighted by Gasteiger charge is 2.09. The minimum Gasteiger partial charge on any atom is -0.507 e. The van der Waals surface area contributed by atoms with Gasteiger partial charge in [0.25, 0.3) is 0 Å². The molecule has 0 amide bonds. The number of thiocarbonyl (C=S) groups is 1. The lowest BCUT2D eigenvalue weighted by Gasteiger charge is -2.10.